The van der Waals surface area contributed by atoms with E-state index in [2.05, 4.69) is 46.9 Å². The maximum atomic E-state index is 5.89. The maximum Gasteiger partial charge on any atom is 0.172 e. The standard InChI is InChI=1S/C12H9Br2N5S/c1-19-5-6(4-16-19)8-3-10(15)18-12(17-8)9-2-7(13)11(14)20-9/h2-5H,1H3,(H2,15,17,18). The molecular formula is C12H9Br2N5S. The third-order valence-corrected chi connectivity index (χ3v) is 5.86. The van der Waals surface area contributed by atoms with Crippen molar-refractivity contribution < 1.29 is 0 Å². The number of nitrogens with zero attached hydrogens (tertiary/aromatic N) is 4. The Bertz CT molecular complexity index is 761. The van der Waals surface area contributed by atoms with Crippen LogP contribution >= 0.6 is 43.2 Å². The van der Waals surface area contributed by atoms with Crippen molar-refractivity contribution in [2.45, 2.75) is 0 Å². The molecule has 0 fully saturated rings. The molecule has 0 spiro atoms. The van der Waals surface area contributed by atoms with E-state index in [1.807, 2.05) is 19.3 Å². The van der Waals surface area contributed by atoms with Gasteiger partial charge in [0.25, 0.3) is 0 Å². The number of nitrogen functional groups attached to an aromatic ring is 1. The van der Waals surface area contributed by atoms with E-state index < -0.39 is 0 Å². The molecule has 0 saturated heterocycles. The summed E-state index contributed by atoms with van der Waals surface area (Å²) in [6, 6.07) is 3.72. The molecule has 20 heavy (non-hydrogen) atoms. The highest BCUT2D eigenvalue weighted by Crippen LogP contribution is 2.37. The Hall–Kier alpha value is -1.25. The lowest BCUT2D eigenvalue weighted by Gasteiger charge is -2.02. The van der Waals surface area contributed by atoms with Crippen LogP contribution in [0.5, 0.6) is 0 Å². The SMILES string of the molecule is Cn1cc(-c2cc(N)nc(-c3cc(Br)c(Br)s3)n2)cn1. The van der Waals surface area contributed by atoms with Crippen molar-refractivity contribution >= 4 is 49.0 Å². The summed E-state index contributed by atoms with van der Waals surface area (Å²) >= 11 is 8.49. The number of halogens is 2. The predicted molar refractivity (Wildman–Crippen MR) is 87.4 cm³/mol. The van der Waals surface area contributed by atoms with Crippen molar-refractivity contribution in [1.82, 2.24) is 19.7 Å². The molecule has 3 rings (SSSR count). The summed E-state index contributed by atoms with van der Waals surface area (Å²) in [6.45, 7) is 0. The summed E-state index contributed by atoms with van der Waals surface area (Å²) in [6.07, 6.45) is 3.65. The molecule has 0 atom stereocenters. The summed E-state index contributed by atoms with van der Waals surface area (Å²) in [5, 5.41) is 4.15. The molecule has 2 N–H and O–H groups in total. The fraction of sp³-hybridized carbons (Fsp3) is 0.0833. The number of rotatable bonds is 2. The van der Waals surface area contributed by atoms with Gasteiger partial charge in [-0.25, -0.2) is 9.97 Å². The van der Waals surface area contributed by atoms with Crippen LogP contribution in [0.4, 0.5) is 5.82 Å². The minimum absolute atomic E-state index is 0.439. The molecule has 8 heteroatoms. The first-order valence-corrected chi connectivity index (χ1v) is 8.02. The fourth-order valence-electron chi connectivity index (χ4n) is 1.73. The molecule has 0 saturated carbocycles. The van der Waals surface area contributed by atoms with Crippen molar-refractivity contribution in [2.75, 3.05) is 5.73 Å². The molecule has 0 radical (unpaired) electrons. The zero-order valence-electron chi connectivity index (χ0n) is 10.3. The topological polar surface area (TPSA) is 69.6 Å². The summed E-state index contributed by atoms with van der Waals surface area (Å²) < 4.78 is 3.71. The fourth-order valence-corrected chi connectivity index (χ4v) is 3.70. The number of anilines is 1. The lowest BCUT2D eigenvalue weighted by molar-refractivity contribution is 0.768. The van der Waals surface area contributed by atoms with Crippen LogP contribution in [0.25, 0.3) is 22.0 Å². The van der Waals surface area contributed by atoms with Crippen LogP contribution in [0.2, 0.25) is 0 Å². The second-order valence-electron chi connectivity index (χ2n) is 4.14. The number of aryl methyl sites for hydroxylation is 1. The average molecular weight is 415 g/mol. The zero-order chi connectivity index (χ0) is 14.3. The summed E-state index contributed by atoms with van der Waals surface area (Å²) in [5.41, 5.74) is 7.57. The molecule has 0 aromatic carbocycles. The third-order valence-electron chi connectivity index (χ3n) is 2.61. The lowest BCUT2D eigenvalue weighted by Crippen LogP contribution is -1.96. The first-order chi connectivity index (χ1) is 9.52. The predicted octanol–water partition coefficient (Wildman–Crippen LogP) is 3.71. The molecule has 3 aromatic heterocycles. The highest BCUT2D eigenvalue weighted by Gasteiger charge is 2.12. The number of hydrogen-bond acceptors (Lipinski definition) is 5. The van der Waals surface area contributed by atoms with Gasteiger partial charge in [0.1, 0.15) is 5.82 Å². The summed E-state index contributed by atoms with van der Waals surface area (Å²) in [4.78, 5) is 9.81. The van der Waals surface area contributed by atoms with E-state index in [1.165, 1.54) is 0 Å². The van der Waals surface area contributed by atoms with Gasteiger partial charge in [-0.15, -0.1) is 11.3 Å². The normalized spacial score (nSPS) is 10.9. The molecule has 3 heterocycles. The van der Waals surface area contributed by atoms with E-state index >= 15 is 0 Å². The summed E-state index contributed by atoms with van der Waals surface area (Å²) in [5.74, 6) is 1.05. The Morgan fingerprint density at radius 3 is 2.65 bits per heavy atom. The number of thiophene rings is 1. The van der Waals surface area contributed by atoms with Gasteiger partial charge in [-0.2, -0.15) is 5.10 Å². The van der Waals surface area contributed by atoms with Crippen LogP contribution in [0.3, 0.4) is 0 Å². The smallest absolute Gasteiger partial charge is 0.172 e. The van der Waals surface area contributed by atoms with E-state index in [9.17, 15) is 0 Å². The van der Waals surface area contributed by atoms with Gasteiger partial charge in [0, 0.05) is 29.3 Å². The van der Waals surface area contributed by atoms with Gasteiger partial charge in [-0.05, 0) is 37.9 Å². The van der Waals surface area contributed by atoms with Crippen LogP contribution in [0.15, 0.2) is 32.8 Å². The molecular weight excluding hydrogens is 406 g/mol. The van der Waals surface area contributed by atoms with Crippen molar-refractivity contribution in [3.05, 3.63) is 32.8 Å². The van der Waals surface area contributed by atoms with E-state index in [4.69, 9.17) is 5.73 Å². The molecule has 0 aliphatic carbocycles. The second-order valence-corrected chi connectivity index (χ2v) is 7.36. The van der Waals surface area contributed by atoms with E-state index in [0.717, 1.165) is 24.4 Å². The third kappa shape index (κ3) is 2.63. The first-order valence-electron chi connectivity index (χ1n) is 5.61. The van der Waals surface area contributed by atoms with Crippen LogP contribution < -0.4 is 5.73 Å². The molecule has 102 valence electrons. The molecule has 3 aromatic rings. The highest BCUT2D eigenvalue weighted by molar-refractivity contribution is 9.13. The molecule has 0 aliphatic heterocycles. The highest BCUT2D eigenvalue weighted by atomic mass is 79.9. The van der Waals surface area contributed by atoms with E-state index in [0.29, 0.717) is 11.6 Å². The van der Waals surface area contributed by atoms with Crippen molar-refractivity contribution in [2.24, 2.45) is 7.05 Å². The number of aromatic nitrogens is 4. The minimum Gasteiger partial charge on any atom is -0.384 e. The van der Waals surface area contributed by atoms with Gasteiger partial charge in [0.15, 0.2) is 5.82 Å². The van der Waals surface area contributed by atoms with E-state index in [-0.39, 0.29) is 0 Å². The Morgan fingerprint density at radius 1 is 1.25 bits per heavy atom. The second kappa shape index (κ2) is 5.27. The Balaban J connectivity index is 2.11. The quantitative estimate of drug-likeness (QED) is 0.693. The molecule has 5 nitrogen and oxygen atoms in total. The summed E-state index contributed by atoms with van der Waals surface area (Å²) in [7, 11) is 1.86. The monoisotopic (exact) mass is 413 g/mol. The van der Waals surface area contributed by atoms with Crippen LogP contribution in [0, 0.1) is 0 Å². The largest absolute Gasteiger partial charge is 0.384 e. The maximum absolute atomic E-state index is 5.89. The van der Waals surface area contributed by atoms with Crippen LogP contribution in [-0.4, -0.2) is 19.7 Å². The Labute approximate surface area is 136 Å². The van der Waals surface area contributed by atoms with E-state index in [1.54, 1.807) is 28.3 Å². The average Bonchev–Trinajstić information content (AvgIpc) is 2.96. The van der Waals surface area contributed by atoms with Crippen molar-refractivity contribution in [3.8, 4) is 22.0 Å². The van der Waals surface area contributed by atoms with Gasteiger partial charge >= 0.3 is 0 Å². The molecule has 0 unspecified atom stereocenters. The molecule has 0 aliphatic rings. The van der Waals surface area contributed by atoms with Crippen LogP contribution in [-0.2, 0) is 7.05 Å². The zero-order valence-corrected chi connectivity index (χ0v) is 14.3. The van der Waals surface area contributed by atoms with Gasteiger partial charge in [-0.3, -0.25) is 4.68 Å². The number of nitrogens with two attached hydrogens (primary N) is 1. The van der Waals surface area contributed by atoms with Crippen molar-refractivity contribution in [1.29, 1.82) is 0 Å². The minimum atomic E-state index is 0.439. The van der Waals surface area contributed by atoms with Gasteiger partial charge in [0.2, 0.25) is 0 Å². The van der Waals surface area contributed by atoms with Gasteiger partial charge in [-0.1, -0.05) is 0 Å². The molecule has 0 amide bonds. The lowest BCUT2D eigenvalue weighted by atomic mass is 10.2. The Morgan fingerprint density at radius 2 is 2.05 bits per heavy atom. The number of hydrogen-bond donors (Lipinski definition) is 1. The Kier molecular flexibility index (Phi) is 3.61. The van der Waals surface area contributed by atoms with Crippen molar-refractivity contribution in [3.63, 3.8) is 0 Å². The van der Waals surface area contributed by atoms with Gasteiger partial charge < -0.3 is 5.73 Å². The van der Waals surface area contributed by atoms with Gasteiger partial charge in [0.05, 0.1) is 20.6 Å². The molecule has 0 bridgehead atoms. The van der Waals surface area contributed by atoms with Crippen LogP contribution in [0.1, 0.15) is 0 Å². The first kappa shape index (κ1) is 13.7.